The van der Waals surface area contributed by atoms with Gasteiger partial charge in [0.05, 0.1) is 0 Å². The summed E-state index contributed by atoms with van der Waals surface area (Å²) in [5, 5.41) is 3.88. The average molecular weight is 344 g/mol. The van der Waals surface area contributed by atoms with Crippen LogP contribution in [0.1, 0.15) is 76.7 Å². The summed E-state index contributed by atoms with van der Waals surface area (Å²) in [5.41, 5.74) is 1.50. The first-order valence-electron chi connectivity index (χ1n) is 8.72. The molecule has 0 saturated carbocycles. The van der Waals surface area contributed by atoms with Gasteiger partial charge in [-0.1, -0.05) is 95.0 Å². The van der Waals surface area contributed by atoms with Crippen molar-refractivity contribution in [2.75, 3.05) is 0 Å². The molecule has 0 unspecified atom stereocenters. The molecule has 0 atom stereocenters. The fourth-order valence-corrected chi connectivity index (χ4v) is 2.46. The van der Waals surface area contributed by atoms with Crippen LogP contribution in [0.5, 0.6) is 0 Å². The van der Waals surface area contributed by atoms with Crippen LogP contribution in [0.3, 0.4) is 0 Å². The summed E-state index contributed by atoms with van der Waals surface area (Å²) in [7, 11) is -4.17. The van der Waals surface area contributed by atoms with Crippen LogP contribution in [0.2, 0.25) is 0 Å². The molecule has 0 amide bonds. The molecule has 0 bridgehead atoms. The second-order valence-corrected chi connectivity index (χ2v) is 6.96. The van der Waals surface area contributed by atoms with Crippen LogP contribution in [-0.4, -0.2) is 13.0 Å². The van der Waals surface area contributed by atoms with E-state index in [9.17, 15) is 0 Å². The summed E-state index contributed by atoms with van der Waals surface area (Å²) in [6.45, 7) is 2.28. The van der Waals surface area contributed by atoms with Gasteiger partial charge in [0.2, 0.25) is 0 Å². The first-order chi connectivity index (χ1) is 10.9. The van der Waals surface area contributed by atoms with E-state index >= 15 is 0 Å². The van der Waals surface area contributed by atoms with Crippen LogP contribution in [0.25, 0.3) is 0 Å². The van der Waals surface area contributed by atoms with Crippen LogP contribution in [0.4, 0.5) is 0 Å². The molecule has 0 saturated heterocycles. The van der Waals surface area contributed by atoms with Crippen molar-refractivity contribution < 1.29 is 13.0 Å². The summed E-state index contributed by atoms with van der Waals surface area (Å²) in [6, 6.07) is 10.9. The molecule has 4 nitrogen and oxygen atoms in total. The van der Waals surface area contributed by atoms with E-state index in [1.165, 1.54) is 76.2 Å². The van der Waals surface area contributed by atoms with Crippen molar-refractivity contribution in [3.63, 3.8) is 0 Å². The minimum atomic E-state index is -4.17. The molecule has 0 aromatic heterocycles. The summed E-state index contributed by atoms with van der Waals surface area (Å²) in [4.78, 5) is 0. The number of hydrogen-bond acceptors (Lipinski definition) is 2. The highest BCUT2D eigenvalue weighted by Crippen LogP contribution is 2.12. The Morgan fingerprint density at radius 3 is 1.65 bits per heavy atom. The SMILES string of the molecule is CCCCCCCCCCCCc1ccccc1.NS(=O)(=O)O. The Kier molecular flexibility index (Phi) is 14.1. The van der Waals surface area contributed by atoms with Gasteiger partial charge in [0, 0.05) is 0 Å². The number of nitrogens with two attached hydrogens (primary N) is 1. The summed E-state index contributed by atoms with van der Waals surface area (Å²) in [5.74, 6) is 0. The zero-order valence-corrected chi connectivity index (χ0v) is 15.2. The molecule has 3 N–H and O–H groups in total. The van der Waals surface area contributed by atoms with E-state index in [2.05, 4.69) is 42.4 Å². The van der Waals surface area contributed by atoms with E-state index in [0.29, 0.717) is 0 Å². The highest BCUT2D eigenvalue weighted by Gasteiger charge is 1.94. The van der Waals surface area contributed by atoms with Crippen LogP contribution in [-0.2, 0) is 16.7 Å². The van der Waals surface area contributed by atoms with Crippen molar-refractivity contribution in [1.29, 1.82) is 0 Å². The van der Waals surface area contributed by atoms with E-state index < -0.39 is 10.3 Å². The third-order valence-corrected chi connectivity index (χ3v) is 3.66. The lowest BCUT2D eigenvalue weighted by molar-refractivity contribution is 0.485. The second-order valence-electron chi connectivity index (χ2n) is 5.93. The molecule has 0 radical (unpaired) electrons. The maximum Gasteiger partial charge on any atom is 0.330 e. The van der Waals surface area contributed by atoms with Crippen molar-refractivity contribution in [2.45, 2.75) is 77.6 Å². The van der Waals surface area contributed by atoms with Gasteiger partial charge in [-0.05, 0) is 18.4 Å². The Labute approximate surface area is 142 Å². The zero-order valence-electron chi connectivity index (χ0n) is 14.4. The molecule has 134 valence electrons. The molecule has 0 aliphatic rings. The van der Waals surface area contributed by atoms with Gasteiger partial charge in [-0.3, -0.25) is 4.55 Å². The maximum absolute atomic E-state index is 8.97. The summed E-state index contributed by atoms with van der Waals surface area (Å²) in [6.07, 6.45) is 15.5. The largest absolute Gasteiger partial charge is 0.330 e. The predicted molar refractivity (Wildman–Crippen MR) is 97.7 cm³/mol. The van der Waals surface area contributed by atoms with E-state index in [-0.39, 0.29) is 0 Å². The van der Waals surface area contributed by atoms with Crippen molar-refractivity contribution in [2.24, 2.45) is 5.14 Å². The number of benzene rings is 1. The monoisotopic (exact) mass is 343 g/mol. The molecule has 1 aromatic carbocycles. The van der Waals surface area contributed by atoms with Gasteiger partial charge in [0.15, 0.2) is 0 Å². The van der Waals surface area contributed by atoms with Crippen molar-refractivity contribution in [3.05, 3.63) is 35.9 Å². The van der Waals surface area contributed by atoms with Gasteiger partial charge >= 0.3 is 10.3 Å². The highest BCUT2D eigenvalue weighted by atomic mass is 32.2. The van der Waals surface area contributed by atoms with Crippen molar-refractivity contribution >= 4 is 10.3 Å². The van der Waals surface area contributed by atoms with E-state index in [4.69, 9.17) is 13.0 Å². The van der Waals surface area contributed by atoms with Crippen molar-refractivity contribution in [3.8, 4) is 0 Å². The van der Waals surface area contributed by atoms with Gasteiger partial charge in [0.25, 0.3) is 0 Å². The van der Waals surface area contributed by atoms with Crippen molar-refractivity contribution in [1.82, 2.24) is 0 Å². The number of aryl methyl sites for hydroxylation is 1. The Morgan fingerprint density at radius 1 is 0.826 bits per heavy atom. The molecule has 0 spiro atoms. The minimum absolute atomic E-state index is 1.26. The summed E-state index contributed by atoms with van der Waals surface area (Å²) >= 11 is 0. The number of rotatable bonds is 11. The first-order valence-corrected chi connectivity index (χ1v) is 10.2. The fourth-order valence-electron chi connectivity index (χ4n) is 2.46. The van der Waals surface area contributed by atoms with Crippen LogP contribution >= 0.6 is 0 Å². The van der Waals surface area contributed by atoms with Gasteiger partial charge < -0.3 is 0 Å². The lowest BCUT2D eigenvalue weighted by atomic mass is 10.0. The fraction of sp³-hybridized carbons (Fsp3) is 0.667. The smallest absolute Gasteiger partial charge is 0.274 e. The van der Waals surface area contributed by atoms with Gasteiger partial charge in [-0.25, -0.2) is 5.14 Å². The third-order valence-electron chi connectivity index (χ3n) is 3.66. The quantitative estimate of drug-likeness (QED) is 0.443. The standard InChI is InChI=1S/C18H30.H3NO3S/c1-2-3-4-5-6-7-8-9-10-12-15-18-16-13-11-14-17-18;1-5(2,3)4/h11,13-14,16-17H,2-10,12,15H2,1H3;(H3,1,2,3,4). The Hall–Kier alpha value is -0.910. The van der Waals surface area contributed by atoms with E-state index in [1.807, 2.05) is 0 Å². The van der Waals surface area contributed by atoms with E-state index in [1.54, 1.807) is 0 Å². The second kappa shape index (κ2) is 14.7. The van der Waals surface area contributed by atoms with Gasteiger partial charge in [0.1, 0.15) is 0 Å². The van der Waals surface area contributed by atoms with Crippen LogP contribution in [0, 0.1) is 0 Å². The first kappa shape index (κ1) is 22.1. The molecular formula is C18H33NO3S. The predicted octanol–water partition coefficient (Wildman–Crippen LogP) is 4.90. The lowest BCUT2D eigenvalue weighted by Crippen LogP contribution is -2.08. The van der Waals surface area contributed by atoms with Crippen LogP contribution in [0.15, 0.2) is 30.3 Å². The molecule has 23 heavy (non-hydrogen) atoms. The maximum atomic E-state index is 8.97. The Bertz CT molecular complexity index is 452. The third kappa shape index (κ3) is 21.1. The van der Waals surface area contributed by atoms with E-state index in [0.717, 1.165) is 0 Å². The zero-order chi connectivity index (χ0) is 17.4. The Balaban J connectivity index is 0.000000841. The van der Waals surface area contributed by atoms with Gasteiger partial charge in [-0.2, -0.15) is 8.42 Å². The number of hydrogen-bond donors (Lipinski definition) is 2. The van der Waals surface area contributed by atoms with Crippen LogP contribution < -0.4 is 5.14 Å². The molecule has 5 heteroatoms. The molecule has 0 aliphatic carbocycles. The lowest BCUT2D eigenvalue weighted by Gasteiger charge is -2.03. The average Bonchev–Trinajstić information content (AvgIpc) is 2.48. The molecular weight excluding hydrogens is 310 g/mol. The Morgan fingerprint density at radius 2 is 1.22 bits per heavy atom. The molecule has 1 rings (SSSR count). The van der Waals surface area contributed by atoms with Gasteiger partial charge in [-0.15, -0.1) is 0 Å². The molecule has 0 aliphatic heterocycles. The summed E-state index contributed by atoms with van der Waals surface area (Å²) < 4.78 is 25.2. The topological polar surface area (TPSA) is 80.4 Å². The molecule has 1 aromatic rings. The number of unbranched alkanes of at least 4 members (excludes halogenated alkanes) is 9. The highest BCUT2D eigenvalue weighted by molar-refractivity contribution is 7.83. The minimum Gasteiger partial charge on any atom is -0.274 e. The normalized spacial score (nSPS) is 10.9. The molecule has 0 fully saturated rings. The molecule has 0 heterocycles.